The van der Waals surface area contributed by atoms with Crippen LogP contribution in [0.15, 0.2) is 6.07 Å². The van der Waals surface area contributed by atoms with E-state index in [9.17, 15) is 0 Å². The first-order valence-electron chi connectivity index (χ1n) is 7.84. The minimum Gasteiger partial charge on any atom is -0.389 e. The lowest BCUT2D eigenvalue weighted by Gasteiger charge is -2.35. The van der Waals surface area contributed by atoms with E-state index < -0.39 is 0 Å². The molecule has 1 aliphatic carbocycles. The van der Waals surface area contributed by atoms with Crippen LogP contribution in [0.4, 0.5) is 5.82 Å². The van der Waals surface area contributed by atoms with E-state index in [0.717, 1.165) is 43.6 Å². The van der Waals surface area contributed by atoms with Crippen molar-refractivity contribution < 1.29 is 0 Å². The Hall–Kier alpha value is -1.20. The first-order chi connectivity index (χ1) is 10.0. The fourth-order valence-corrected chi connectivity index (χ4v) is 3.54. The van der Waals surface area contributed by atoms with Gasteiger partial charge in [-0.25, -0.2) is 4.98 Å². The van der Waals surface area contributed by atoms with Crippen molar-refractivity contribution in [3.05, 3.63) is 22.9 Å². The number of aryl methyl sites for hydroxylation is 2. The second-order valence-corrected chi connectivity index (χ2v) is 6.84. The van der Waals surface area contributed by atoms with E-state index in [0.29, 0.717) is 17.1 Å². The van der Waals surface area contributed by atoms with Crippen molar-refractivity contribution in [1.29, 1.82) is 0 Å². The lowest BCUT2D eigenvalue weighted by Crippen LogP contribution is -2.43. The highest BCUT2D eigenvalue weighted by Gasteiger charge is 2.25. The van der Waals surface area contributed by atoms with Gasteiger partial charge in [0.05, 0.1) is 5.56 Å². The van der Waals surface area contributed by atoms with Crippen LogP contribution in [0.2, 0.25) is 0 Å². The molecule has 1 fully saturated rings. The molecule has 114 valence electrons. The van der Waals surface area contributed by atoms with Crippen LogP contribution in [-0.2, 0) is 12.8 Å². The molecule has 2 heterocycles. The van der Waals surface area contributed by atoms with Crippen molar-refractivity contribution in [3.8, 4) is 0 Å². The van der Waals surface area contributed by atoms with Crippen molar-refractivity contribution in [2.24, 2.45) is 5.73 Å². The Bertz CT molecular complexity index is 557. The fraction of sp³-hybridized carbons (Fsp3) is 0.625. The molecule has 3 rings (SSSR count). The minimum atomic E-state index is 0.445. The predicted molar refractivity (Wildman–Crippen MR) is 90.9 cm³/mol. The number of nitrogens with zero attached hydrogens (tertiary/aromatic N) is 2. The van der Waals surface area contributed by atoms with Crippen LogP contribution in [0.25, 0.3) is 0 Å². The Morgan fingerprint density at radius 3 is 3.00 bits per heavy atom. The number of rotatable bonds is 3. The number of hydrogen-bond acceptors (Lipinski definition) is 4. The van der Waals surface area contributed by atoms with Crippen LogP contribution in [0.1, 0.15) is 43.0 Å². The third-order valence-corrected chi connectivity index (χ3v) is 5.09. The number of fused-ring (bicyclic) bond motifs is 1. The van der Waals surface area contributed by atoms with Crippen molar-refractivity contribution in [3.63, 3.8) is 0 Å². The summed E-state index contributed by atoms with van der Waals surface area (Å²) in [6, 6.07) is 3.20. The van der Waals surface area contributed by atoms with Gasteiger partial charge >= 0.3 is 0 Å². The van der Waals surface area contributed by atoms with Crippen LogP contribution in [-0.4, -0.2) is 40.5 Å². The molecule has 2 aliphatic rings. The van der Waals surface area contributed by atoms with Crippen LogP contribution >= 0.6 is 12.2 Å². The molecule has 0 saturated carbocycles. The highest BCUT2D eigenvalue weighted by atomic mass is 32.1. The summed E-state index contributed by atoms with van der Waals surface area (Å²) in [5, 5.41) is 3.61. The number of anilines is 1. The van der Waals surface area contributed by atoms with Crippen molar-refractivity contribution in [1.82, 2.24) is 9.88 Å². The molecule has 0 spiro atoms. The molecule has 0 bridgehead atoms. The van der Waals surface area contributed by atoms with Crippen LogP contribution < -0.4 is 11.1 Å². The van der Waals surface area contributed by atoms with Gasteiger partial charge in [-0.3, -0.25) is 0 Å². The Kier molecular flexibility index (Phi) is 4.13. The summed E-state index contributed by atoms with van der Waals surface area (Å²) in [4.78, 5) is 7.67. The van der Waals surface area contributed by atoms with Crippen molar-refractivity contribution in [2.45, 2.75) is 51.1 Å². The monoisotopic (exact) mass is 304 g/mol. The number of pyridine rings is 1. The molecule has 5 heteroatoms. The van der Waals surface area contributed by atoms with Gasteiger partial charge in [0, 0.05) is 24.3 Å². The fourth-order valence-electron chi connectivity index (χ4n) is 3.38. The summed E-state index contributed by atoms with van der Waals surface area (Å²) >= 11 is 5.22. The van der Waals surface area contributed by atoms with Gasteiger partial charge < -0.3 is 16.0 Å². The number of nitrogens with two attached hydrogens (primary N) is 1. The number of piperidine rings is 1. The number of hydrogen-bond donors (Lipinski definition) is 2. The third-order valence-electron chi connectivity index (χ3n) is 4.87. The lowest BCUT2D eigenvalue weighted by atomic mass is 9.98. The molecule has 2 unspecified atom stereocenters. The Balaban J connectivity index is 1.83. The Labute approximate surface area is 132 Å². The van der Waals surface area contributed by atoms with Gasteiger partial charge in [0.15, 0.2) is 0 Å². The quantitative estimate of drug-likeness (QED) is 0.838. The van der Waals surface area contributed by atoms with Gasteiger partial charge in [0.25, 0.3) is 0 Å². The zero-order chi connectivity index (χ0) is 15.0. The molecule has 1 aromatic rings. The SMILES string of the molecule is CC1CC(Nc2nc3c(cc2C(N)=S)CCC3)CCN1C. The highest BCUT2D eigenvalue weighted by Crippen LogP contribution is 2.27. The summed E-state index contributed by atoms with van der Waals surface area (Å²) in [5.74, 6) is 0.893. The third kappa shape index (κ3) is 3.04. The van der Waals surface area contributed by atoms with Crippen molar-refractivity contribution in [2.75, 3.05) is 18.9 Å². The molecule has 21 heavy (non-hydrogen) atoms. The average Bonchev–Trinajstić information content (AvgIpc) is 2.89. The van der Waals surface area contributed by atoms with Crippen LogP contribution in [0, 0.1) is 0 Å². The summed E-state index contributed by atoms with van der Waals surface area (Å²) in [5.41, 5.74) is 9.36. The average molecular weight is 304 g/mol. The lowest BCUT2D eigenvalue weighted by molar-refractivity contribution is 0.190. The largest absolute Gasteiger partial charge is 0.389 e. The molecule has 0 aromatic carbocycles. The molecule has 0 amide bonds. The molecule has 1 saturated heterocycles. The van der Waals surface area contributed by atoms with Crippen molar-refractivity contribution >= 4 is 23.0 Å². The topological polar surface area (TPSA) is 54.2 Å². The maximum Gasteiger partial charge on any atom is 0.136 e. The van der Waals surface area contributed by atoms with E-state index in [2.05, 4.69) is 30.3 Å². The maximum absolute atomic E-state index is 5.91. The maximum atomic E-state index is 5.91. The molecule has 4 nitrogen and oxygen atoms in total. The molecule has 2 atom stereocenters. The minimum absolute atomic E-state index is 0.445. The standard InChI is InChI=1S/C16H24N4S/c1-10-8-12(6-7-20(10)2)18-16-13(15(17)21)9-11-4-3-5-14(11)19-16/h9-10,12H,3-8H2,1-2H3,(H2,17,21)(H,18,19). The summed E-state index contributed by atoms with van der Waals surface area (Å²) in [6.07, 6.45) is 5.63. The second kappa shape index (κ2) is 5.89. The van der Waals surface area contributed by atoms with Gasteiger partial charge in [0.1, 0.15) is 10.8 Å². The van der Waals surface area contributed by atoms with Crippen LogP contribution in [0.3, 0.4) is 0 Å². The molecule has 1 aromatic heterocycles. The normalized spacial score (nSPS) is 25.6. The van der Waals surface area contributed by atoms with Gasteiger partial charge in [-0.2, -0.15) is 0 Å². The van der Waals surface area contributed by atoms with Gasteiger partial charge in [0.2, 0.25) is 0 Å². The predicted octanol–water partition coefficient (Wildman–Crippen LogP) is 2.10. The summed E-state index contributed by atoms with van der Waals surface area (Å²) in [7, 11) is 2.19. The van der Waals surface area contributed by atoms with E-state index >= 15 is 0 Å². The first-order valence-corrected chi connectivity index (χ1v) is 8.25. The highest BCUT2D eigenvalue weighted by molar-refractivity contribution is 7.80. The number of likely N-dealkylation sites (tertiary alicyclic amines) is 1. The molecule has 0 radical (unpaired) electrons. The van der Waals surface area contributed by atoms with Gasteiger partial charge in [-0.15, -0.1) is 0 Å². The molecular formula is C16H24N4S. The first kappa shape index (κ1) is 14.7. The summed E-state index contributed by atoms with van der Waals surface area (Å²) in [6.45, 7) is 3.39. The van der Waals surface area contributed by atoms with Gasteiger partial charge in [-0.05, 0) is 57.7 Å². The second-order valence-electron chi connectivity index (χ2n) is 6.40. The van der Waals surface area contributed by atoms with E-state index in [-0.39, 0.29) is 0 Å². The molecular weight excluding hydrogens is 280 g/mol. The van der Waals surface area contributed by atoms with Crippen LogP contribution in [0.5, 0.6) is 0 Å². The number of thiocarbonyl (C=S) groups is 1. The zero-order valence-corrected chi connectivity index (χ0v) is 13.7. The van der Waals surface area contributed by atoms with Gasteiger partial charge in [-0.1, -0.05) is 12.2 Å². The smallest absolute Gasteiger partial charge is 0.136 e. The van der Waals surface area contributed by atoms with E-state index in [1.54, 1.807) is 0 Å². The number of nitrogens with one attached hydrogen (secondary N) is 1. The number of aromatic nitrogens is 1. The Morgan fingerprint density at radius 1 is 1.48 bits per heavy atom. The molecule has 1 aliphatic heterocycles. The Morgan fingerprint density at radius 2 is 2.29 bits per heavy atom. The zero-order valence-electron chi connectivity index (χ0n) is 12.9. The summed E-state index contributed by atoms with van der Waals surface area (Å²) < 4.78 is 0. The van der Waals surface area contributed by atoms with E-state index in [1.165, 1.54) is 17.7 Å². The van der Waals surface area contributed by atoms with E-state index in [1.807, 2.05) is 0 Å². The van der Waals surface area contributed by atoms with E-state index in [4.69, 9.17) is 22.9 Å². The molecule has 3 N–H and O–H groups in total.